The molecule has 0 aliphatic carbocycles. The molecule has 0 bridgehead atoms. The minimum Gasteiger partial charge on any atom is -0.495 e. The maximum absolute atomic E-state index is 6.01. The Balaban J connectivity index is 2.05. The second-order valence-corrected chi connectivity index (χ2v) is 4.23. The summed E-state index contributed by atoms with van der Waals surface area (Å²) in [5.41, 5.74) is 7.54. The lowest BCUT2D eigenvalue weighted by atomic mass is 10.2. The zero-order valence-corrected chi connectivity index (χ0v) is 10.6. The SMILES string of the molecule is COc1cccc(NC(C)Cn2ccnc2)c1N. The fraction of sp³-hybridized carbons (Fsp3) is 0.308. The number of nitrogens with two attached hydrogens (primary N) is 1. The van der Waals surface area contributed by atoms with E-state index in [-0.39, 0.29) is 6.04 Å². The van der Waals surface area contributed by atoms with Crippen molar-refractivity contribution in [1.29, 1.82) is 0 Å². The van der Waals surface area contributed by atoms with Crippen molar-refractivity contribution in [2.75, 3.05) is 18.2 Å². The van der Waals surface area contributed by atoms with Gasteiger partial charge in [-0.25, -0.2) is 4.98 Å². The van der Waals surface area contributed by atoms with Crippen molar-refractivity contribution in [2.45, 2.75) is 19.5 Å². The number of aromatic nitrogens is 2. The topological polar surface area (TPSA) is 65.1 Å². The molecule has 5 nitrogen and oxygen atoms in total. The number of hydrogen-bond donors (Lipinski definition) is 2. The van der Waals surface area contributed by atoms with Gasteiger partial charge in [0.25, 0.3) is 0 Å². The summed E-state index contributed by atoms with van der Waals surface area (Å²) in [5.74, 6) is 0.690. The Hall–Kier alpha value is -2.17. The van der Waals surface area contributed by atoms with Crippen LogP contribution in [0.3, 0.4) is 0 Å². The van der Waals surface area contributed by atoms with Gasteiger partial charge in [0, 0.05) is 25.0 Å². The average molecular weight is 246 g/mol. The Labute approximate surface area is 107 Å². The van der Waals surface area contributed by atoms with Crippen molar-refractivity contribution in [1.82, 2.24) is 9.55 Å². The first-order valence-corrected chi connectivity index (χ1v) is 5.85. The third-order valence-electron chi connectivity index (χ3n) is 2.73. The van der Waals surface area contributed by atoms with Crippen molar-refractivity contribution < 1.29 is 4.74 Å². The summed E-state index contributed by atoms with van der Waals surface area (Å²) in [6.07, 6.45) is 5.51. The van der Waals surface area contributed by atoms with Gasteiger partial charge in [-0.3, -0.25) is 0 Å². The molecule has 0 saturated heterocycles. The lowest BCUT2D eigenvalue weighted by molar-refractivity contribution is 0.417. The van der Waals surface area contributed by atoms with Gasteiger partial charge >= 0.3 is 0 Å². The summed E-state index contributed by atoms with van der Waals surface area (Å²) in [7, 11) is 1.62. The van der Waals surface area contributed by atoms with E-state index >= 15 is 0 Å². The predicted molar refractivity (Wildman–Crippen MR) is 72.7 cm³/mol. The molecular formula is C13H18N4O. The molecule has 5 heteroatoms. The van der Waals surface area contributed by atoms with Gasteiger partial charge in [-0.15, -0.1) is 0 Å². The number of benzene rings is 1. The van der Waals surface area contributed by atoms with Crippen molar-refractivity contribution >= 4 is 11.4 Å². The number of nitrogens with zero attached hydrogens (tertiary/aromatic N) is 2. The molecule has 1 aromatic heterocycles. The number of ether oxygens (including phenoxy) is 1. The van der Waals surface area contributed by atoms with E-state index in [1.165, 1.54) is 0 Å². The highest BCUT2D eigenvalue weighted by atomic mass is 16.5. The van der Waals surface area contributed by atoms with E-state index in [4.69, 9.17) is 10.5 Å². The number of nitrogen functional groups attached to an aromatic ring is 1. The zero-order valence-electron chi connectivity index (χ0n) is 10.6. The third kappa shape index (κ3) is 2.74. The Morgan fingerprint density at radius 1 is 1.50 bits per heavy atom. The van der Waals surface area contributed by atoms with Crippen LogP contribution in [0.4, 0.5) is 11.4 Å². The fourth-order valence-electron chi connectivity index (χ4n) is 1.87. The molecule has 96 valence electrons. The van der Waals surface area contributed by atoms with Gasteiger partial charge in [-0.1, -0.05) is 6.07 Å². The molecule has 0 spiro atoms. The second kappa shape index (κ2) is 5.44. The van der Waals surface area contributed by atoms with Crippen LogP contribution in [0.2, 0.25) is 0 Å². The zero-order chi connectivity index (χ0) is 13.0. The van der Waals surface area contributed by atoms with E-state index in [0.717, 1.165) is 12.2 Å². The van der Waals surface area contributed by atoms with E-state index in [2.05, 4.69) is 17.2 Å². The average Bonchev–Trinajstić information content (AvgIpc) is 2.84. The summed E-state index contributed by atoms with van der Waals surface area (Å²) in [5, 5.41) is 3.37. The number of anilines is 2. The Bertz CT molecular complexity index is 496. The minimum absolute atomic E-state index is 0.244. The first kappa shape index (κ1) is 12.3. The molecule has 0 radical (unpaired) electrons. The molecule has 0 aliphatic heterocycles. The fourth-order valence-corrected chi connectivity index (χ4v) is 1.87. The maximum atomic E-state index is 6.01. The highest BCUT2D eigenvalue weighted by molar-refractivity contribution is 5.73. The number of methoxy groups -OCH3 is 1. The van der Waals surface area contributed by atoms with Crippen molar-refractivity contribution in [3.05, 3.63) is 36.9 Å². The lowest BCUT2D eigenvalue weighted by Gasteiger charge is -2.18. The van der Waals surface area contributed by atoms with Gasteiger partial charge in [-0.2, -0.15) is 0 Å². The Morgan fingerprint density at radius 2 is 2.33 bits per heavy atom. The van der Waals surface area contributed by atoms with E-state index in [9.17, 15) is 0 Å². The van der Waals surface area contributed by atoms with Crippen molar-refractivity contribution in [2.24, 2.45) is 0 Å². The van der Waals surface area contributed by atoms with Crippen LogP contribution in [0.15, 0.2) is 36.9 Å². The molecule has 0 amide bonds. The number of rotatable bonds is 5. The molecule has 2 aromatic rings. The van der Waals surface area contributed by atoms with Crippen LogP contribution in [0, 0.1) is 0 Å². The van der Waals surface area contributed by atoms with Crippen LogP contribution in [-0.4, -0.2) is 22.7 Å². The van der Waals surface area contributed by atoms with E-state index < -0.39 is 0 Å². The van der Waals surface area contributed by atoms with Crippen LogP contribution < -0.4 is 15.8 Å². The van der Waals surface area contributed by atoms with Crippen LogP contribution in [0.25, 0.3) is 0 Å². The molecule has 0 fully saturated rings. The number of imidazole rings is 1. The van der Waals surface area contributed by atoms with Crippen LogP contribution in [-0.2, 0) is 6.54 Å². The van der Waals surface area contributed by atoms with Gasteiger partial charge < -0.3 is 20.4 Å². The molecular weight excluding hydrogens is 228 g/mol. The van der Waals surface area contributed by atoms with Crippen molar-refractivity contribution in [3.8, 4) is 5.75 Å². The summed E-state index contributed by atoms with van der Waals surface area (Å²) in [4.78, 5) is 4.02. The standard InChI is InChI=1S/C13H18N4O/c1-10(8-17-7-6-15-9-17)16-11-4-3-5-12(18-2)13(11)14/h3-7,9-10,16H,8,14H2,1-2H3. The quantitative estimate of drug-likeness (QED) is 0.792. The molecule has 1 heterocycles. The highest BCUT2D eigenvalue weighted by Crippen LogP contribution is 2.29. The Morgan fingerprint density at radius 3 is 3.00 bits per heavy atom. The van der Waals surface area contributed by atoms with E-state index in [0.29, 0.717) is 11.4 Å². The molecule has 0 aliphatic rings. The number of nitrogens with one attached hydrogen (secondary N) is 1. The van der Waals surface area contributed by atoms with Gasteiger partial charge in [0.1, 0.15) is 5.75 Å². The summed E-state index contributed by atoms with van der Waals surface area (Å²) in [6, 6.07) is 5.96. The molecule has 1 atom stereocenters. The van der Waals surface area contributed by atoms with Gasteiger partial charge in [0.15, 0.2) is 0 Å². The van der Waals surface area contributed by atoms with Crippen LogP contribution in [0.1, 0.15) is 6.92 Å². The monoisotopic (exact) mass is 246 g/mol. The lowest BCUT2D eigenvalue weighted by Crippen LogP contribution is -2.22. The third-order valence-corrected chi connectivity index (χ3v) is 2.73. The van der Waals surface area contributed by atoms with E-state index in [1.54, 1.807) is 19.6 Å². The largest absolute Gasteiger partial charge is 0.495 e. The summed E-state index contributed by atoms with van der Waals surface area (Å²) < 4.78 is 7.21. The Kier molecular flexibility index (Phi) is 3.72. The van der Waals surface area contributed by atoms with Crippen molar-refractivity contribution in [3.63, 3.8) is 0 Å². The molecule has 3 N–H and O–H groups in total. The maximum Gasteiger partial charge on any atom is 0.143 e. The number of para-hydroxylation sites is 1. The molecule has 18 heavy (non-hydrogen) atoms. The van der Waals surface area contributed by atoms with E-state index in [1.807, 2.05) is 29.0 Å². The summed E-state index contributed by atoms with van der Waals surface area (Å²) >= 11 is 0. The van der Waals surface area contributed by atoms with Gasteiger partial charge in [0.2, 0.25) is 0 Å². The minimum atomic E-state index is 0.244. The predicted octanol–water partition coefficient (Wildman–Crippen LogP) is 1.97. The second-order valence-electron chi connectivity index (χ2n) is 4.23. The summed E-state index contributed by atoms with van der Waals surface area (Å²) in [6.45, 7) is 2.93. The molecule has 1 unspecified atom stereocenters. The molecule has 2 rings (SSSR count). The van der Waals surface area contributed by atoms with Gasteiger partial charge in [0.05, 0.1) is 24.8 Å². The molecule has 0 saturated carbocycles. The molecule has 1 aromatic carbocycles. The normalized spacial score (nSPS) is 12.1. The van der Waals surface area contributed by atoms with Gasteiger partial charge in [-0.05, 0) is 19.1 Å². The smallest absolute Gasteiger partial charge is 0.143 e. The van der Waals surface area contributed by atoms with Crippen LogP contribution in [0.5, 0.6) is 5.75 Å². The highest BCUT2D eigenvalue weighted by Gasteiger charge is 2.08. The van der Waals surface area contributed by atoms with Crippen LogP contribution >= 0.6 is 0 Å². The number of hydrogen-bond acceptors (Lipinski definition) is 4. The first-order chi connectivity index (χ1) is 8.70. The first-order valence-electron chi connectivity index (χ1n) is 5.85.